The van der Waals surface area contributed by atoms with Crippen molar-refractivity contribution in [3.05, 3.63) is 33.2 Å². The number of ether oxygens (including phenoxy) is 1. The Hall–Kier alpha value is -0.230. The van der Waals surface area contributed by atoms with Gasteiger partial charge in [0.1, 0.15) is 0 Å². The van der Waals surface area contributed by atoms with E-state index in [1.807, 2.05) is 0 Å². The highest BCUT2D eigenvalue weighted by molar-refractivity contribution is 9.13. The molecule has 0 radical (unpaired) electrons. The molecule has 16 heavy (non-hydrogen) atoms. The molecule has 1 atom stereocenters. The Morgan fingerprint density at radius 2 is 2.06 bits per heavy atom. The zero-order valence-corrected chi connectivity index (χ0v) is 12.5. The lowest BCUT2D eigenvalue weighted by Gasteiger charge is -2.14. The quantitative estimate of drug-likeness (QED) is 0.797. The maximum absolute atomic E-state index is 9.69. The number of phenols is 1. The van der Waals surface area contributed by atoms with Crippen LogP contribution in [-0.2, 0) is 0 Å². The minimum atomic E-state index is -0.315. The maximum Gasteiger partial charge on any atom is 0.173 e. The Balaban J connectivity index is 0.00000225. The summed E-state index contributed by atoms with van der Waals surface area (Å²) in [5, 5.41) is 9.69. The predicted molar refractivity (Wildman–Crippen MR) is 74.4 cm³/mol. The smallest absolute Gasteiger partial charge is 0.173 e. The van der Waals surface area contributed by atoms with Crippen LogP contribution in [0.3, 0.4) is 0 Å². The van der Waals surface area contributed by atoms with Crippen LogP contribution < -0.4 is 10.5 Å². The van der Waals surface area contributed by atoms with Gasteiger partial charge in [-0.3, -0.25) is 0 Å². The van der Waals surface area contributed by atoms with Gasteiger partial charge in [0.15, 0.2) is 11.5 Å². The van der Waals surface area contributed by atoms with E-state index in [2.05, 4.69) is 38.4 Å². The molecule has 0 bridgehead atoms. The molecule has 1 aromatic rings. The number of benzene rings is 1. The minimum Gasteiger partial charge on any atom is -0.503 e. The zero-order valence-electron chi connectivity index (χ0n) is 8.54. The first-order valence-electron chi connectivity index (χ1n) is 4.15. The monoisotopic (exact) mass is 371 g/mol. The normalized spacial score (nSPS) is 11.5. The Bertz CT molecular complexity index is 399. The van der Waals surface area contributed by atoms with Gasteiger partial charge in [-0.2, -0.15) is 0 Å². The first-order valence-corrected chi connectivity index (χ1v) is 5.74. The minimum absolute atomic E-state index is 0. The molecule has 6 heteroatoms. The number of nitrogens with two attached hydrogens (primary N) is 1. The van der Waals surface area contributed by atoms with Gasteiger partial charge in [0.2, 0.25) is 0 Å². The van der Waals surface area contributed by atoms with Crippen molar-refractivity contribution in [1.82, 2.24) is 0 Å². The Morgan fingerprint density at radius 3 is 2.50 bits per heavy atom. The molecule has 0 fully saturated rings. The van der Waals surface area contributed by atoms with Crippen molar-refractivity contribution in [3.63, 3.8) is 0 Å². The van der Waals surface area contributed by atoms with Crippen molar-refractivity contribution in [2.45, 2.75) is 6.04 Å². The van der Waals surface area contributed by atoms with E-state index >= 15 is 0 Å². The fraction of sp³-hybridized carbons (Fsp3) is 0.200. The third-order valence-corrected chi connectivity index (χ3v) is 4.17. The summed E-state index contributed by atoms with van der Waals surface area (Å²) in [7, 11) is 1.48. The van der Waals surface area contributed by atoms with E-state index in [9.17, 15) is 5.11 Å². The van der Waals surface area contributed by atoms with Crippen LogP contribution in [0.2, 0.25) is 0 Å². The summed E-state index contributed by atoms with van der Waals surface area (Å²) in [4.78, 5) is 0. The lowest BCUT2D eigenvalue weighted by molar-refractivity contribution is 0.371. The van der Waals surface area contributed by atoms with Gasteiger partial charge in [-0.15, -0.1) is 19.0 Å². The molecule has 0 unspecified atom stereocenters. The maximum atomic E-state index is 9.69. The van der Waals surface area contributed by atoms with E-state index in [4.69, 9.17) is 10.5 Å². The largest absolute Gasteiger partial charge is 0.503 e. The molecule has 1 aromatic carbocycles. The molecule has 0 saturated carbocycles. The molecule has 0 aliphatic carbocycles. The summed E-state index contributed by atoms with van der Waals surface area (Å²) < 4.78 is 6.25. The van der Waals surface area contributed by atoms with Gasteiger partial charge in [-0.1, -0.05) is 6.08 Å². The van der Waals surface area contributed by atoms with Crippen molar-refractivity contribution < 1.29 is 9.84 Å². The lowest BCUT2D eigenvalue weighted by atomic mass is 10.1. The third kappa shape index (κ3) is 2.91. The summed E-state index contributed by atoms with van der Waals surface area (Å²) in [5.41, 5.74) is 6.63. The second-order valence-electron chi connectivity index (χ2n) is 2.91. The number of rotatable bonds is 3. The van der Waals surface area contributed by atoms with Crippen LogP contribution in [0.25, 0.3) is 0 Å². The van der Waals surface area contributed by atoms with Crippen molar-refractivity contribution in [3.8, 4) is 11.5 Å². The highest BCUT2D eigenvalue weighted by atomic mass is 79.9. The van der Waals surface area contributed by atoms with Crippen LogP contribution in [0.1, 0.15) is 11.6 Å². The fourth-order valence-electron chi connectivity index (χ4n) is 1.14. The predicted octanol–water partition coefficient (Wildman–Crippen LogP) is 3.53. The van der Waals surface area contributed by atoms with Crippen LogP contribution >= 0.6 is 44.3 Å². The molecule has 3 nitrogen and oxygen atoms in total. The van der Waals surface area contributed by atoms with Crippen LogP contribution in [0, 0.1) is 0 Å². The van der Waals surface area contributed by atoms with E-state index in [0.717, 1.165) is 5.56 Å². The number of methoxy groups -OCH3 is 1. The number of hydrogen-bond donors (Lipinski definition) is 2. The highest BCUT2D eigenvalue weighted by Gasteiger charge is 2.17. The van der Waals surface area contributed by atoms with Gasteiger partial charge in [0, 0.05) is 10.5 Å². The topological polar surface area (TPSA) is 55.5 Å². The van der Waals surface area contributed by atoms with Crippen molar-refractivity contribution >= 4 is 44.3 Å². The molecule has 0 aliphatic rings. The molecular weight excluding hydrogens is 361 g/mol. The second-order valence-corrected chi connectivity index (χ2v) is 4.49. The van der Waals surface area contributed by atoms with Gasteiger partial charge >= 0.3 is 0 Å². The summed E-state index contributed by atoms with van der Waals surface area (Å²) in [6, 6.07) is 1.36. The molecule has 0 amide bonds. The molecule has 0 heterocycles. The molecule has 90 valence electrons. The lowest BCUT2D eigenvalue weighted by Crippen LogP contribution is -2.08. The van der Waals surface area contributed by atoms with Crippen LogP contribution in [-0.4, -0.2) is 12.2 Å². The SMILES string of the molecule is C=C[C@@H](N)c1cc(OC)c(O)c(Br)c1Br.Cl. The van der Waals surface area contributed by atoms with Crippen molar-refractivity contribution in [2.24, 2.45) is 5.73 Å². The summed E-state index contributed by atoms with van der Waals surface area (Å²) in [5.74, 6) is 0.418. The second kappa shape index (κ2) is 6.49. The van der Waals surface area contributed by atoms with E-state index in [1.54, 1.807) is 12.1 Å². The summed E-state index contributed by atoms with van der Waals surface area (Å²) >= 11 is 6.60. The van der Waals surface area contributed by atoms with Crippen molar-refractivity contribution in [1.29, 1.82) is 0 Å². The van der Waals surface area contributed by atoms with E-state index < -0.39 is 0 Å². The number of phenolic OH excluding ortho intramolecular Hbond substituents is 1. The molecule has 0 spiro atoms. The standard InChI is InChI=1S/C10H11Br2NO2.ClH/c1-3-6(13)5-4-7(15-2)10(14)9(12)8(5)11;/h3-4,6,14H,1,13H2,2H3;1H/t6-;/m1./s1. The van der Waals surface area contributed by atoms with Gasteiger partial charge in [-0.05, 0) is 43.5 Å². The summed E-state index contributed by atoms with van der Waals surface area (Å²) in [6.45, 7) is 3.62. The molecular formula is C10H12Br2ClNO2. The molecule has 0 saturated heterocycles. The Morgan fingerprint density at radius 1 is 1.50 bits per heavy atom. The average molecular weight is 373 g/mol. The van der Waals surface area contributed by atoms with Gasteiger partial charge in [0.05, 0.1) is 11.6 Å². The van der Waals surface area contributed by atoms with Crippen LogP contribution in [0.5, 0.6) is 11.5 Å². The first-order chi connectivity index (χ1) is 7.02. The molecule has 0 aromatic heterocycles. The third-order valence-electron chi connectivity index (χ3n) is 2.01. The van der Waals surface area contributed by atoms with Gasteiger partial charge in [-0.25, -0.2) is 0 Å². The Labute approximate surface area is 117 Å². The zero-order chi connectivity index (χ0) is 11.6. The van der Waals surface area contributed by atoms with Gasteiger partial charge < -0.3 is 15.6 Å². The van der Waals surface area contributed by atoms with Crippen LogP contribution in [0.15, 0.2) is 27.7 Å². The van der Waals surface area contributed by atoms with E-state index in [1.165, 1.54) is 7.11 Å². The molecule has 0 aliphatic heterocycles. The van der Waals surface area contributed by atoms with Crippen LogP contribution in [0.4, 0.5) is 0 Å². The van der Waals surface area contributed by atoms with Crippen molar-refractivity contribution in [2.75, 3.05) is 7.11 Å². The number of aromatic hydroxyl groups is 1. The first kappa shape index (κ1) is 15.8. The Kier molecular flexibility index (Phi) is 6.40. The van der Waals surface area contributed by atoms with E-state index in [-0.39, 0.29) is 24.2 Å². The van der Waals surface area contributed by atoms with Gasteiger partial charge in [0.25, 0.3) is 0 Å². The number of hydrogen-bond acceptors (Lipinski definition) is 3. The van der Waals surface area contributed by atoms with E-state index in [0.29, 0.717) is 14.7 Å². The highest BCUT2D eigenvalue weighted by Crippen LogP contribution is 2.43. The molecule has 1 rings (SSSR count). The fourth-order valence-corrected chi connectivity index (χ4v) is 2.13. The number of halogens is 3. The average Bonchev–Trinajstić information content (AvgIpc) is 2.25. The molecule has 3 N–H and O–H groups in total. The summed E-state index contributed by atoms with van der Waals surface area (Å²) in [6.07, 6.45) is 1.61.